The highest BCUT2D eigenvalue weighted by Gasteiger charge is 2.34. The van der Waals surface area contributed by atoms with Crippen molar-refractivity contribution in [2.24, 2.45) is 0 Å². The summed E-state index contributed by atoms with van der Waals surface area (Å²) in [5, 5.41) is 0. The monoisotopic (exact) mass is 324 g/mol. The fourth-order valence-electron chi connectivity index (χ4n) is 2.28. The van der Waals surface area contributed by atoms with Crippen molar-refractivity contribution in [3.63, 3.8) is 0 Å². The molecule has 2 rings (SSSR count). The topological polar surface area (TPSA) is 56.7 Å². The zero-order valence-electron chi connectivity index (χ0n) is 13.1. The van der Waals surface area contributed by atoms with Gasteiger partial charge in [-0.2, -0.15) is 13.2 Å². The Labute approximate surface area is 132 Å². The molecule has 0 aliphatic heterocycles. The average Bonchev–Trinajstić information content (AvgIpc) is 2.88. The number of anilines is 1. The lowest BCUT2D eigenvalue weighted by atomic mass is 10.1. The summed E-state index contributed by atoms with van der Waals surface area (Å²) in [6.45, 7) is 8.33. The first kappa shape index (κ1) is 17.1. The van der Waals surface area contributed by atoms with Gasteiger partial charge in [0, 0.05) is 30.4 Å². The SMILES string of the molecule is C=CCCn1cc(-c2cnc(N)c(C(F)(F)F)c2)nc1C(C)C. The Morgan fingerprint density at radius 1 is 1.39 bits per heavy atom. The standard InChI is InChI=1S/C16H19F3N4/c1-4-5-6-23-9-13(22-15(23)10(2)3)11-7-12(16(17,18)19)14(20)21-8-11/h4,7-10H,1,5-6H2,2-3H3,(H2,20,21). The second kappa shape index (κ2) is 6.44. The van der Waals surface area contributed by atoms with Gasteiger partial charge in [-0.1, -0.05) is 19.9 Å². The molecule has 0 aromatic carbocycles. The van der Waals surface area contributed by atoms with Crippen LogP contribution in [0.15, 0.2) is 31.1 Å². The molecule has 0 unspecified atom stereocenters. The van der Waals surface area contributed by atoms with Gasteiger partial charge in [0.1, 0.15) is 11.6 Å². The highest BCUT2D eigenvalue weighted by atomic mass is 19.4. The van der Waals surface area contributed by atoms with Gasteiger partial charge in [-0.05, 0) is 12.5 Å². The summed E-state index contributed by atoms with van der Waals surface area (Å²) in [6.07, 6.45) is 1.06. The number of pyridine rings is 1. The summed E-state index contributed by atoms with van der Waals surface area (Å²) in [5.41, 5.74) is 5.14. The number of nitrogens with zero attached hydrogens (tertiary/aromatic N) is 3. The van der Waals surface area contributed by atoms with Gasteiger partial charge >= 0.3 is 6.18 Å². The minimum absolute atomic E-state index is 0.150. The van der Waals surface area contributed by atoms with Crippen molar-refractivity contribution in [1.82, 2.24) is 14.5 Å². The highest BCUT2D eigenvalue weighted by molar-refractivity contribution is 5.62. The number of halogens is 3. The smallest absolute Gasteiger partial charge is 0.383 e. The lowest BCUT2D eigenvalue weighted by Gasteiger charge is -2.09. The third-order valence-corrected chi connectivity index (χ3v) is 3.42. The van der Waals surface area contributed by atoms with Gasteiger partial charge in [-0.25, -0.2) is 9.97 Å². The second-order valence-electron chi connectivity index (χ2n) is 5.56. The molecule has 0 aliphatic carbocycles. The molecule has 0 atom stereocenters. The number of allylic oxidation sites excluding steroid dienone is 1. The van der Waals surface area contributed by atoms with Gasteiger partial charge in [0.05, 0.1) is 11.3 Å². The van der Waals surface area contributed by atoms with Gasteiger partial charge in [0.25, 0.3) is 0 Å². The van der Waals surface area contributed by atoms with E-state index < -0.39 is 17.6 Å². The van der Waals surface area contributed by atoms with E-state index in [0.717, 1.165) is 18.3 Å². The van der Waals surface area contributed by atoms with Crippen molar-refractivity contribution in [3.8, 4) is 11.3 Å². The van der Waals surface area contributed by atoms with E-state index in [1.54, 1.807) is 12.3 Å². The van der Waals surface area contributed by atoms with Crippen LogP contribution in [-0.4, -0.2) is 14.5 Å². The predicted molar refractivity (Wildman–Crippen MR) is 83.8 cm³/mol. The van der Waals surface area contributed by atoms with E-state index in [2.05, 4.69) is 16.5 Å². The Morgan fingerprint density at radius 2 is 2.09 bits per heavy atom. The van der Waals surface area contributed by atoms with Crippen LogP contribution in [0.25, 0.3) is 11.3 Å². The van der Waals surface area contributed by atoms with Gasteiger partial charge < -0.3 is 10.3 Å². The Kier molecular flexibility index (Phi) is 4.77. The lowest BCUT2D eigenvalue weighted by Crippen LogP contribution is -2.10. The molecular formula is C16H19F3N4. The Hall–Kier alpha value is -2.31. The number of hydrogen-bond acceptors (Lipinski definition) is 3. The fourth-order valence-corrected chi connectivity index (χ4v) is 2.28. The van der Waals surface area contributed by atoms with Crippen molar-refractivity contribution < 1.29 is 13.2 Å². The molecule has 2 aromatic rings. The molecule has 2 N–H and O–H groups in total. The zero-order valence-corrected chi connectivity index (χ0v) is 13.1. The van der Waals surface area contributed by atoms with Crippen LogP contribution in [0.5, 0.6) is 0 Å². The molecule has 7 heteroatoms. The van der Waals surface area contributed by atoms with Crippen molar-refractivity contribution in [3.05, 3.63) is 42.5 Å². The largest absolute Gasteiger partial charge is 0.419 e. The number of aryl methyl sites for hydroxylation is 1. The van der Waals surface area contributed by atoms with E-state index in [1.165, 1.54) is 6.20 Å². The molecule has 2 heterocycles. The highest BCUT2D eigenvalue weighted by Crippen LogP contribution is 2.35. The average molecular weight is 324 g/mol. The Bertz CT molecular complexity index is 702. The summed E-state index contributed by atoms with van der Waals surface area (Å²) in [5.74, 6) is 0.432. The maximum atomic E-state index is 13.0. The van der Waals surface area contributed by atoms with Gasteiger partial charge in [-0.3, -0.25) is 0 Å². The van der Waals surface area contributed by atoms with E-state index in [0.29, 0.717) is 17.8 Å². The van der Waals surface area contributed by atoms with E-state index in [1.807, 2.05) is 18.4 Å². The molecule has 0 amide bonds. The van der Waals surface area contributed by atoms with E-state index in [9.17, 15) is 13.2 Å². The maximum absolute atomic E-state index is 13.0. The van der Waals surface area contributed by atoms with Gasteiger partial charge in [-0.15, -0.1) is 6.58 Å². The van der Waals surface area contributed by atoms with Crippen molar-refractivity contribution in [2.75, 3.05) is 5.73 Å². The minimum atomic E-state index is -4.54. The van der Waals surface area contributed by atoms with Gasteiger partial charge in [0.15, 0.2) is 0 Å². The number of rotatable bonds is 5. The van der Waals surface area contributed by atoms with Crippen LogP contribution in [0, 0.1) is 0 Å². The third kappa shape index (κ3) is 3.72. The van der Waals surface area contributed by atoms with Gasteiger partial charge in [0.2, 0.25) is 0 Å². The Balaban J connectivity index is 2.48. The molecule has 0 radical (unpaired) electrons. The van der Waals surface area contributed by atoms with Crippen LogP contribution in [-0.2, 0) is 12.7 Å². The first-order valence-corrected chi connectivity index (χ1v) is 7.25. The molecule has 0 spiro atoms. The van der Waals surface area contributed by atoms with Crippen LogP contribution in [0.1, 0.15) is 37.6 Å². The molecule has 2 aromatic heterocycles. The first-order chi connectivity index (χ1) is 10.7. The molecule has 0 saturated heterocycles. The number of nitrogen functional groups attached to an aromatic ring is 1. The van der Waals surface area contributed by atoms with Crippen LogP contribution in [0.3, 0.4) is 0 Å². The number of nitrogens with two attached hydrogens (primary N) is 1. The molecule has 0 fully saturated rings. The first-order valence-electron chi connectivity index (χ1n) is 7.25. The van der Waals surface area contributed by atoms with Crippen LogP contribution in [0.4, 0.5) is 19.0 Å². The summed E-state index contributed by atoms with van der Waals surface area (Å²) in [6, 6.07) is 0.993. The fraction of sp³-hybridized carbons (Fsp3) is 0.375. The van der Waals surface area contributed by atoms with E-state index in [4.69, 9.17) is 5.73 Å². The minimum Gasteiger partial charge on any atom is -0.383 e. The maximum Gasteiger partial charge on any atom is 0.419 e. The zero-order chi connectivity index (χ0) is 17.2. The summed E-state index contributed by atoms with van der Waals surface area (Å²) >= 11 is 0. The molecule has 0 bridgehead atoms. The predicted octanol–water partition coefficient (Wildman–Crippen LogP) is 4.25. The lowest BCUT2D eigenvalue weighted by molar-refractivity contribution is -0.137. The third-order valence-electron chi connectivity index (χ3n) is 3.42. The number of imidazole rings is 1. The molecule has 0 aliphatic rings. The molecule has 124 valence electrons. The second-order valence-corrected chi connectivity index (χ2v) is 5.56. The van der Waals surface area contributed by atoms with Crippen molar-refractivity contribution in [1.29, 1.82) is 0 Å². The van der Waals surface area contributed by atoms with Crippen molar-refractivity contribution >= 4 is 5.82 Å². The molecule has 23 heavy (non-hydrogen) atoms. The molecule has 4 nitrogen and oxygen atoms in total. The number of alkyl halides is 3. The summed E-state index contributed by atoms with van der Waals surface area (Å²) in [7, 11) is 0. The van der Waals surface area contributed by atoms with E-state index in [-0.39, 0.29) is 5.92 Å². The Morgan fingerprint density at radius 3 is 2.65 bits per heavy atom. The number of hydrogen-bond donors (Lipinski definition) is 1. The van der Waals surface area contributed by atoms with Crippen LogP contribution >= 0.6 is 0 Å². The molecule has 0 saturated carbocycles. The summed E-state index contributed by atoms with van der Waals surface area (Å²) in [4.78, 5) is 8.13. The van der Waals surface area contributed by atoms with Crippen LogP contribution < -0.4 is 5.73 Å². The molecular weight excluding hydrogens is 305 g/mol. The van der Waals surface area contributed by atoms with Crippen LogP contribution in [0.2, 0.25) is 0 Å². The van der Waals surface area contributed by atoms with Crippen molar-refractivity contribution in [2.45, 2.75) is 38.9 Å². The number of aromatic nitrogens is 3. The quantitative estimate of drug-likeness (QED) is 0.837. The normalized spacial score (nSPS) is 11.9. The summed E-state index contributed by atoms with van der Waals surface area (Å²) < 4.78 is 40.8. The van der Waals surface area contributed by atoms with E-state index >= 15 is 0 Å².